The summed E-state index contributed by atoms with van der Waals surface area (Å²) >= 11 is 0. The van der Waals surface area contributed by atoms with Crippen molar-refractivity contribution in [3.05, 3.63) is 0 Å². The minimum Gasteiger partial charge on any atom is -0.343 e. The van der Waals surface area contributed by atoms with Crippen molar-refractivity contribution in [3.8, 4) is 6.07 Å². The highest BCUT2D eigenvalue weighted by molar-refractivity contribution is 5.84. The van der Waals surface area contributed by atoms with Crippen LogP contribution in [-0.4, -0.2) is 35.3 Å². The highest BCUT2D eigenvalue weighted by Crippen LogP contribution is 2.30. The molecule has 0 bridgehead atoms. The van der Waals surface area contributed by atoms with E-state index in [1.165, 1.54) is 0 Å². The molecule has 1 aliphatic carbocycles. The van der Waals surface area contributed by atoms with Crippen molar-refractivity contribution in [2.45, 2.75) is 64.3 Å². The third kappa shape index (κ3) is 4.52. The molecule has 2 amide bonds. The average molecular weight is 279 g/mol. The summed E-state index contributed by atoms with van der Waals surface area (Å²) in [5, 5.41) is 11.8. The van der Waals surface area contributed by atoms with Crippen LogP contribution >= 0.6 is 0 Å². The largest absolute Gasteiger partial charge is 0.343 e. The molecule has 0 heterocycles. The molecule has 1 fully saturated rings. The van der Waals surface area contributed by atoms with Gasteiger partial charge in [0.15, 0.2) is 0 Å². The van der Waals surface area contributed by atoms with Gasteiger partial charge in [-0.25, -0.2) is 0 Å². The number of nitriles is 1. The second kappa shape index (κ2) is 7.88. The molecule has 0 radical (unpaired) electrons. The van der Waals surface area contributed by atoms with Gasteiger partial charge in [0.2, 0.25) is 11.8 Å². The maximum absolute atomic E-state index is 12.0. The molecule has 0 unspecified atom stereocenters. The quantitative estimate of drug-likeness (QED) is 0.738. The van der Waals surface area contributed by atoms with Crippen molar-refractivity contribution in [3.63, 3.8) is 0 Å². The van der Waals surface area contributed by atoms with E-state index in [0.29, 0.717) is 0 Å². The first-order chi connectivity index (χ1) is 9.56. The molecule has 1 rings (SSSR count). The van der Waals surface area contributed by atoms with Gasteiger partial charge in [-0.3, -0.25) is 9.59 Å². The van der Waals surface area contributed by atoms with Crippen LogP contribution < -0.4 is 5.32 Å². The highest BCUT2D eigenvalue weighted by Gasteiger charge is 2.38. The summed E-state index contributed by atoms with van der Waals surface area (Å²) in [6.07, 6.45) is 4.68. The Morgan fingerprint density at radius 2 is 1.80 bits per heavy atom. The Labute approximate surface area is 121 Å². The lowest BCUT2D eigenvalue weighted by atomic mass is 9.78. The van der Waals surface area contributed by atoms with Gasteiger partial charge in [0.25, 0.3) is 0 Å². The van der Waals surface area contributed by atoms with Crippen LogP contribution in [0.15, 0.2) is 0 Å². The zero-order chi connectivity index (χ0) is 15.0. The van der Waals surface area contributed by atoms with Crippen LogP contribution in [-0.2, 0) is 9.59 Å². The molecular weight excluding hydrogens is 254 g/mol. The van der Waals surface area contributed by atoms with E-state index in [-0.39, 0.29) is 24.7 Å². The normalized spacial score (nSPS) is 15.8. The molecule has 0 aromatic rings. The molecule has 0 spiro atoms. The summed E-state index contributed by atoms with van der Waals surface area (Å²) in [6, 6.07) is 2.17. The second-order valence-corrected chi connectivity index (χ2v) is 5.48. The Hall–Kier alpha value is -1.57. The van der Waals surface area contributed by atoms with E-state index in [2.05, 4.69) is 11.4 Å². The van der Waals surface area contributed by atoms with E-state index in [4.69, 9.17) is 5.26 Å². The summed E-state index contributed by atoms with van der Waals surface area (Å²) in [7, 11) is 0. The van der Waals surface area contributed by atoms with Crippen LogP contribution in [0.2, 0.25) is 0 Å². The van der Waals surface area contributed by atoms with Gasteiger partial charge in [0.1, 0.15) is 5.54 Å². The minimum absolute atomic E-state index is 0.0310. The van der Waals surface area contributed by atoms with Crippen LogP contribution in [0.25, 0.3) is 0 Å². The number of nitrogens with zero attached hydrogens (tertiary/aromatic N) is 2. The van der Waals surface area contributed by atoms with Gasteiger partial charge >= 0.3 is 0 Å². The van der Waals surface area contributed by atoms with E-state index in [1.54, 1.807) is 0 Å². The Morgan fingerprint density at radius 3 is 2.20 bits per heavy atom. The van der Waals surface area contributed by atoms with Gasteiger partial charge in [-0.05, 0) is 32.1 Å². The summed E-state index contributed by atoms with van der Waals surface area (Å²) in [5.41, 5.74) is -0.660. The SMILES string of the molecule is CCCN(CCC)C(=O)CCC(=O)NC1(C#N)CCC1. The van der Waals surface area contributed by atoms with Gasteiger partial charge < -0.3 is 10.2 Å². The summed E-state index contributed by atoms with van der Waals surface area (Å²) in [4.78, 5) is 25.7. The van der Waals surface area contributed by atoms with E-state index in [9.17, 15) is 9.59 Å². The Balaban J connectivity index is 2.36. The van der Waals surface area contributed by atoms with Crippen LogP contribution in [0.5, 0.6) is 0 Å². The van der Waals surface area contributed by atoms with Crippen molar-refractivity contribution in [1.29, 1.82) is 5.26 Å². The fourth-order valence-electron chi connectivity index (χ4n) is 2.40. The van der Waals surface area contributed by atoms with E-state index in [0.717, 1.165) is 45.2 Å². The first kappa shape index (κ1) is 16.5. The van der Waals surface area contributed by atoms with E-state index >= 15 is 0 Å². The lowest BCUT2D eigenvalue weighted by Crippen LogP contribution is -2.52. The molecule has 1 saturated carbocycles. The maximum atomic E-state index is 12.0. The molecule has 1 N–H and O–H groups in total. The Kier molecular flexibility index (Phi) is 6.50. The van der Waals surface area contributed by atoms with Crippen LogP contribution in [0, 0.1) is 11.3 Å². The molecule has 112 valence electrons. The van der Waals surface area contributed by atoms with Gasteiger partial charge in [0, 0.05) is 25.9 Å². The van der Waals surface area contributed by atoms with Crippen molar-refractivity contribution >= 4 is 11.8 Å². The molecule has 1 aliphatic rings. The van der Waals surface area contributed by atoms with Crippen LogP contribution in [0.1, 0.15) is 58.8 Å². The Morgan fingerprint density at radius 1 is 1.20 bits per heavy atom. The number of rotatable bonds is 8. The van der Waals surface area contributed by atoms with Gasteiger partial charge in [0.05, 0.1) is 6.07 Å². The monoisotopic (exact) mass is 279 g/mol. The van der Waals surface area contributed by atoms with E-state index in [1.807, 2.05) is 18.7 Å². The number of hydrogen-bond acceptors (Lipinski definition) is 3. The van der Waals surface area contributed by atoms with Crippen molar-refractivity contribution in [1.82, 2.24) is 10.2 Å². The summed E-state index contributed by atoms with van der Waals surface area (Å²) in [6.45, 7) is 5.57. The predicted octanol–water partition coefficient (Wildman–Crippen LogP) is 1.98. The zero-order valence-corrected chi connectivity index (χ0v) is 12.6. The predicted molar refractivity (Wildman–Crippen MR) is 76.7 cm³/mol. The molecule has 20 heavy (non-hydrogen) atoms. The standard InChI is InChI=1S/C15H25N3O2/c1-3-10-18(11-4-2)14(20)7-6-13(19)17-15(12-16)8-5-9-15/h3-11H2,1-2H3,(H,17,19). The lowest BCUT2D eigenvalue weighted by molar-refractivity contribution is -0.134. The van der Waals surface area contributed by atoms with Crippen molar-refractivity contribution < 1.29 is 9.59 Å². The van der Waals surface area contributed by atoms with E-state index < -0.39 is 5.54 Å². The molecule has 5 nitrogen and oxygen atoms in total. The molecule has 0 aromatic carbocycles. The first-order valence-electron chi connectivity index (χ1n) is 7.57. The van der Waals surface area contributed by atoms with Crippen molar-refractivity contribution in [2.24, 2.45) is 0 Å². The van der Waals surface area contributed by atoms with Crippen LogP contribution in [0.4, 0.5) is 0 Å². The topological polar surface area (TPSA) is 73.2 Å². The Bertz CT molecular complexity index is 377. The molecule has 0 aromatic heterocycles. The number of carbonyl (C=O) groups is 2. The highest BCUT2D eigenvalue weighted by atomic mass is 16.2. The molecule has 0 saturated heterocycles. The fraction of sp³-hybridized carbons (Fsp3) is 0.800. The van der Waals surface area contributed by atoms with Gasteiger partial charge in [-0.1, -0.05) is 13.8 Å². The van der Waals surface area contributed by atoms with Crippen LogP contribution in [0.3, 0.4) is 0 Å². The number of nitrogens with one attached hydrogen (secondary N) is 1. The maximum Gasteiger partial charge on any atom is 0.223 e. The summed E-state index contributed by atoms with van der Waals surface area (Å²) in [5.74, 6) is -0.156. The third-order valence-electron chi connectivity index (χ3n) is 3.71. The molecule has 0 aliphatic heterocycles. The lowest BCUT2D eigenvalue weighted by Gasteiger charge is -2.35. The molecule has 0 atom stereocenters. The third-order valence-corrected chi connectivity index (χ3v) is 3.71. The smallest absolute Gasteiger partial charge is 0.223 e. The minimum atomic E-state index is -0.660. The van der Waals surface area contributed by atoms with Gasteiger partial charge in [-0.2, -0.15) is 5.26 Å². The van der Waals surface area contributed by atoms with Crippen molar-refractivity contribution in [2.75, 3.05) is 13.1 Å². The molecular formula is C15H25N3O2. The average Bonchev–Trinajstić information content (AvgIpc) is 2.40. The zero-order valence-electron chi connectivity index (χ0n) is 12.6. The summed E-state index contributed by atoms with van der Waals surface area (Å²) < 4.78 is 0. The first-order valence-corrected chi connectivity index (χ1v) is 7.57. The fourth-order valence-corrected chi connectivity index (χ4v) is 2.40. The number of hydrogen-bond donors (Lipinski definition) is 1. The second-order valence-electron chi connectivity index (χ2n) is 5.48. The molecule has 5 heteroatoms. The number of amides is 2. The van der Waals surface area contributed by atoms with Gasteiger partial charge in [-0.15, -0.1) is 0 Å². The number of carbonyl (C=O) groups excluding carboxylic acids is 2.